The first-order valence-corrected chi connectivity index (χ1v) is 5.73. The number of rotatable bonds is 3. The van der Waals surface area contributed by atoms with Crippen molar-refractivity contribution in [3.63, 3.8) is 0 Å². The highest BCUT2D eigenvalue weighted by Gasteiger charge is 2.11. The largest absolute Gasteiger partial charge is 0.315 e. The quantitative estimate of drug-likeness (QED) is 0.762. The molecule has 0 radical (unpaired) electrons. The normalized spacial score (nSPS) is 11.1. The number of hydrogen-bond donors (Lipinski definition) is 0. The second-order valence-electron chi connectivity index (χ2n) is 4.55. The SMILES string of the molecule is Cc1cc(C=O)c(C)n1-c1cnn(C(C)C)c1. The van der Waals surface area contributed by atoms with Gasteiger partial charge in [0.25, 0.3) is 0 Å². The Morgan fingerprint density at radius 1 is 1.35 bits per heavy atom. The summed E-state index contributed by atoms with van der Waals surface area (Å²) in [6.45, 7) is 8.11. The van der Waals surface area contributed by atoms with Gasteiger partial charge in [0, 0.05) is 29.2 Å². The summed E-state index contributed by atoms with van der Waals surface area (Å²) >= 11 is 0. The predicted molar refractivity (Wildman–Crippen MR) is 66.8 cm³/mol. The number of aldehydes is 1. The van der Waals surface area contributed by atoms with Crippen molar-refractivity contribution in [2.45, 2.75) is 33.7 Å². The number of aryl methyl sites for hydroxylation is 1. The van der Waals surface area contributed by atoms with Crippen LogP contribution in [0.1, 0.15) is 41.6 Å². The number of carbonyl (C=O) groups is 1. The molecule has 0 aliphatic rings. The van der Waals surface area contributed by atoms with Gasteiger partial charge < -0.3 is 4.57 Å². The number of nitrogens with zero attached hydrogens (tertiary/aromatic N) is 3. The first-order valence-electron chi connectivity index (χ1n) is 5.73. The molecule has 0 spiro atoms. The van der Waals surface area contributed by atoms with Gasteiger partial charge in [-0.15, -0.1) is 0 Å². The van der Waals surface area contributed by atoms with Gasteiger partial charge in [-0.2, -0.15) is 5.10 Å². The minimum atomic E-state index is 0.338. The van der Waals surface area contributed by atoms with Crippen LogP contribution in [-0.4, -0.2) is 20.6 Å². The number of carbonyl (C=O) groups excluding carboxylic acids is 1. The molecule has 2 rings (SSSR count). The molecule has 2 aromatic rings. The molecule has 0 aliphatic heterocycles. The number of hydrogen-bond acceptors (Lipinski definition) is 2. The molecule has 0 amide bonds. The van der Waals surface area contributed by atoms with Crippen LogP contribution in [0.4, 0.5) is 0 Å². The van der Waals surface area contributed by atoms with E-state index in [-0.39, 0.29) is 0 Å². The van der Waals surface area contributed by atoms with Crippen molar-refractivity contribution in [1.29, 1.82) is 0 Å². The maximum absolute atomic E-state index is 10.9. The van der Waals surface area contributed by atoms with Gasteiger partial charge in [0.15, 0.2) is 6.29 Å². The summed E-state index contributed by atoms with van der Waals surface area (Å²) in [5.41, 5.74) is 3.75. The van der Waals surface area contributed by atoms with Gasteiger partial charge in [-0.3, -0.25) is 9.48 Å². The maximum Gasteiger partial charge on any atom is 0.151 e. The van der Waals surface area contributed by atoms with Crippen molar-refractivity contribution >= 4 is 6.29 Å². The first kappa shape index (κ1) is 11.6. The zero-order chi connectivity index (χ0) is 12.6. The van der Waals surface area contributed by atoms with Gasteiger partial charge in [0.2, 0.25) is 0 Å². The van der Waals surface area contributed by atoms with Crippen LogP contribution in [0, 0.1) is 13.8 Å². The molecule has 2 heterocycles. The van der Waals surface area contributed by atoms with Gasteiger partial charge in [-0.1, -0.05) is 0 Å². The lowest BCUT2D eigenvalue weighted by molar-refractivity contribution is 0.112. The van der Waals surface area contributed by atoms with Crippen LogP contribution in [0.2, 0.25) is 0 Å². The zero-order valence-corrected chi connectivity index (χ0v) is 10.6. The Morgan fingerprint density at radius 3 is 2.53 bits per heavy atom. The minimum Gasteiger partial charge on any atom is -0.315 e. The second kappa shape index (κ2) is 4.20. The van der Waals surface area contributed by atoms with Gasteiger partial charge in [0.05, 0.1) is 11.9 Å². The highest BCUT2D eigenvalue weighted by molar-refractivity contribution is 5.77. The minimum absolute atomic E-state index is 0.338. The lowest BCUT2D eigenvalue weighted by Crippen LogP contribution is -2.01. The molecule has 0 fully saturated rings. The van der Waals surface area contributed by atoms with Crippen LogP contribution in [0.15, 0.2) is 18.5 Å². The molecule has 4 heteroatoms. The van der Waals surface area contributed by atoms with E-state index in [0.717, 1.165) is 28.9 Å². The van der Waals surface area contributed by atoms with E-state index in [9.17, 15) is 4.79 Å². The summed E-state index contributed by atoms with van der Waals surface area (Å²) in [6, 6.07) is 2.24. The molecule has 4 nitrogen and oxygen atoms in total. The highest BCUT2D eigenvalue weighted by Crippen LogP contribution is 2.20. The second-order valence-corrected chi connectivity index (χ2v) is 4.55. The Morgan fingerprint density at radius 2 is 2.06 bits per heavy atom. The molecule has 0 N–H and O–H groups in total. The van der Waals surface area contributed by atoms with Crippen LogP contribution in [-0.2, 0) is 0 Å². The van der Waals surface area contributed by atoms with E-state index >= 15 is 0 Å². The smallest absolute Gasteiger partial charge is 0.151 e. The fraction of sp³-hybridized carbons (Fsp3) is 0.385. The highest BCUT2D eigenvalue weighted by atomic mass is 16.1. The van der Waals surface area contributed by atoms with Crippen molar-refractivity contribution in [3.8, 4) is 5.69 Å². The summed E-state index contributed by atoms with van der Waals surface area (Å²) < 4.78 is 3.96. The molecule has 0 bridgehead atoms. The van der Waals surface area contributed by atoms with Crippen LogP contribution in [0.25, 0.3) is 5.69 Å². The third-order valence-corrected chi connectivity index (χ3v) is 2.97. The van der Waals surface area contributed by atoms with Crippen LogP contribution in [0.5, 0.6) is 0 Å². The Labute approximate surface area is 101 Å². The molecule has 0 saturated carbocycles. The Hall–Kier alpha value is -1.84. The van der Waals surface area contributed by atoms with E-state index in [1.165, 1.54) is 0 Å². The topological polar surface area (TPSA) is 39.8 Å². The predicted octanol–water partition coefficient (Wildman–Crippen LogP) is 2.68. The average molecular weight is 231 g/mol. The van der Waals surface area contributed by atoms with Crippen LogP contribution >= 0.6 is 0 Å². The summed E-state index contributed by atoms with van der Waals surface area (Å²) in [5, 5.41) is 4.32. The zero-order valence-electron chi connectivity index (χ0n) is 10.6. The van der Waals surface area contributed by atoms with E-state index in [2.05, 4.69) is 23.5 Å². The summed E-state index contributed by atoms with van der Waals surface area (Å²) in [7, 11) is 0. The Kier molecular flexibility index (Phi) is 2.88. The number of aromatic nitrogens is 3. The molecule has 2 aromatic heterocycles. The molecule has 0 unspecified atom stereocenters. The van der Waals surface area contributed by atoms with Crippen molar-refractivity contribution in [2.24, 2.45) is 0 Å². The van der Waals surface area contributed by atoms with Gasteiger partial charge in [0.1, 0.15) is 0 Å². The van der Waals surface area contributed by atoms with E-state index in [1.54, 1.807) is 0 Å². The van der Waals surface area contributed by atoms with Crippen LogP contribution < -0.4 is 0 Å². The van der Waals surface area contributed by atoms with Crippen molar-refractivity contribution in [1.82, 2.24) is 14.3 Å². The van der Waals surface area contributed by atoms with Crippen molar-refractivity contribution < 1.29 is 4.79 Å². The monoisotopic (exact) mass is 231 g/mol. The van der Waals surface area contributed by atoms with Crippen molar-refractivity contribution in [3.05, 3.63) is 35.4 Å². The molecular formula is C13H17N3O. The lowest BCUT2D eigenvalue weighted by Gasteiger charge is -2.06. The first-order chi connectivity index (χ1) is 8.04. The fourth-order valence-electron chi connectivity index (χ4n) is 2.03. The molecule has 0 saturated heterocycles. The summed E-state index contributed by atoms with van der Waals surface area (Å²) in [6.07, 6.45) is 4.72. The maximum atomic E-state index is 10.9. The fourth-order valence-corrected chi connectivity index (χ4v) is 2.03. The Bertz CT molecular complexity index is 549. The third kappa shape index (κ3) is 1.90. The van der Waals surface area contributed by atoms with Crippen LogP contribution in [0.3, 0.4) is 0 Å². The molecule has 0 atom stereocenters. The third-order valence-electron chi connectivity index (χ3n) is 2.97. The summed E-state index contributed by atoms with van der Waals surface area (Å²) in [5.74, 6) is 0. The van der Waals surface area contributed by atoms with E-state index in [0.29, 0.717) is 6.04 Å². The van der Waals surface area contributed by atoms with E-state index < -0.39 is 0 Å². The van der Waals surface area contributed by atoms with Gasteiger partial charge in [-0.05, 0) is 33.8 Å². The van der Waals surface area contributed by atoms with Gasteiger partial charge in [-0.25, -0.2) is 0 Å². The van der Waals surface area contributed by atoms with Gasteiger partial charge >= 0.3 is 0 Å². The molecule has 0 aliphatic carbocycles. The molecule has 0 aromatic carbocycles. The molecular weight excluding hydrogens is 214 g/mol. The molecule has 90 valence electrons. The lowest BCUT2D eigenvalue weighted by atomic mass is 10.3. The summed E-state index contributed by atoms with van der Waals surface area (Å²) in [4.78, 5) is 10.9. The van der Waals surface area contributed by atoms with Crippen molar-refractivity contribution in [2.75, 3.05) is 0 Å². The van der Waals surface area contributed by atoms with E-state index in [4.69, 9.17) is 0 Å². The Balaban J connectivity index is 2.52. The van der Waals surface area contributed by atoms with E-state index in [1.807, 2.05) is 37.0 Å². The average Bonchev–Trinajstić information content (AvgIpc) is 2.83. The molecule has 17 heavy (non-hydrogen) atoms. The standard InChI is InChI=1S/C13H17N3O/c1-9(2)15-7-13(6-14-15)16-10(3)5-12(8-17)11(16)4/h5-9H,1-4H3.